The van der Waals surface area contributed by atoms with Crippen molar-refractivity contribution in [1.29, 1.82) is 0 Å². The minimum atomic E-state index is -0.773. The van der Waals surface area contributed by atoms with Crippen molar-refractivity contribution in [2.75, 3.05) is 13.2 Å². The van der Waals surface area contributed by atoms with E-state index in [1.807, 2.05) is 6.92 Å². The van der Waals surface area contributed by atoms with Crippen LogP contribution in [-0.4, -0.2) is 36.2 Å². The third-order valence-electron chi connectivity index (χ3n) is 4.31. The van der Waals surface area contributed by atoms with Gasteiger partial charge in [0.2, 0.25) is 5.91 Å². The monoisotopic (exact) mass is 269 g/mol. The number of carbonyl (C=O) groups excluding carboxylic acids is 1. The van der Waals surface area contributed by atoms with Gasteiger partial charge in [0.1, 0.15) is 0 Å². The number of rotatable bonds is 6. The van der Waals surface area contributed by atoms with Gasteiger partial charge in [0, 0.05) is 13.2 Å². The SMILES string of the molecule is CCOC1CC1C(=O)NCC1(C(=O)O)CCCCC1. The van der Waals surface area contributed by atoms with Gasteiger partial charge in [-0.15, -0.1) is 0 Å². The van der Waals surface area contributed by atoms with Crippen LogP contribution in [0.4, 0.5) is 0 Å². The largest absolute Gasteiger partial charge is 0.481 e. The highest BCUT2D eigenvalue weighted by molar-refractivity contribution is 5.83. The number of nitrogens with one attached hydrogen (secondary N) is 1. The van der Waals surface area contributed by atoms with E-state index < -0.39 is 11.4 Å². The maximum atomic E-state index is 11.9. The van der Waals surface area contributed by atoms with E-state index in [1.165, 1.54) is 0 Å². The molecule has 0 spiro atoms. The van der Waals surface area contributed by atoms with Crippen LogP contribution in [0.15, 0.2) is 0 Å². The van der Waals surface area contributed by atoms with Gasteiger partial charge in [0.05, 0.1) is 17.4 Å². The quantitative estimate of drug-likeness (QED) is 0.767. The van der Waals surface area contributed by atoms with E-state index in [2.05, 4.69) is 5.32 Å². The van der Waals surface area contributed by atoms with Crippen LogP contribution in [0.25, 0.3) is 0 Å². The third-order valence-corrected chi connectivity index (χ3v) is 4.31. The van der Waals surface area contributed by atoms with E-state index in [1.54, 1.807) is 0 Å². The van der Waals surface area contributed by atoms with Crippen LogP contribution in [0.1, 0.15) is 45.4 Å². The van der Waals surface area contributed by atoms with Crippen LogP contribution in [0.5, 0.6) is 0 Å². The summed E-state index contributed by atoms with van der Waals surface area (Å²) in [4.78, 5) is 23.4. The van der Waals surface area contributed by atoms with Crippen molar-refractivity contribution < 1.29 is 19.4 Å². The highest BCUT2D eigenvalue weighted by atomic mass is 16.5. The van der Waals surface area contributed by atoms with Gasteiger partial charge < -0.3 is 15.2 Å². The predicted molar refractivity (Wildman–Crippen MR) is 69.7 cm³/mol. The van der Waals surface area contributed by atoms with Crippen molar-refractivity contribution in [3.8, 4) is 0 Å². The topological polar surface area (TPSA) is 75.6 Å². The van der Waals surface area contributed by atoms with Gasteiger partial charge in [0.25, 0.3) is 0 Å². The second-order valence-electron chi connectivity index (χ2n) is 5.70. The summed E-state index contributed by atoms with van der Waals surface area (Å²) < 4.78 is 5.37. The highest BCUT2D eigenvalue weighted by Gasteiger charge is 2.45. The lowest BCUT2D eigenvalue weighted by molar-refractivity contribution is -0.151. The molecule has 5 heteroatoms. The lowest BCUT2D eigenvalue weighted by atomic mass is 9.74. The zero-order valence-corrected chi connectivity index (χ0v) is 11.5. The normalized spacial score (nSPS) is 28.7. The predicted octanol–water partition coefficient (Wildman–Crippen LogP) is 1.56. The Labute approximate surface area is 113 Å². The molecule has 19 heavy (non-hydrogen) atoms. The highest BCUT2D eigenvalue weighted by Crippen LogP contribution is 2.37. The molecule has 2 saturated carbocycles. The van der Waals surface area contributed by atoms with Crippen LogP contribution in [0.2, 0.25) is 0 Å². The zero-order valence-electron chi connectivity index (χ0n) is 11.5. The first-order valence-corrected chi connectivity index (χ1v) is 7.22. The lowest BCUT2D eigenvalue weighted by Crippen LogP contribution is -2.45. The number of carboxylic acids is 1. The molecule has 0 radical (unpaired) electrons. The molecule has 0 aromatic carbocycles. The number of carbonyl (C=O) groups is 2. The molecule has 108 valence electrons. The van der Waals surface area contributed by atoms with Crippen LogP contribution < -0.4 is 5.32 Å². The van der Waals surface area contributed by atoms with Gasteiger partial charge in [0.15, 0.2) is 0 Å². The Morgan fingerprint density at radius 2 is 2.00 bits per heavy atom. The summed E-state index contributed by atoms with van der Waals surface area (Å²) in [5, 5.41) is 12.2. The molecule has 5 nitrogen and oxygen atoms in total. The average molecular weight is 269 g/mol. The molecule has 2 rings (SSSR count). The molecule has 2 aliphatic carbocycles. The summed E-state index contributed by atoms with van der Waals surface area (Å²) >= 11 is 0. The van der Waals surface area contributed by atoms with E-state index in [0.29, 0.717) is 19.4 Å². The summed E-state index contributed by atoms with van der Waals surface area (Å²) in [6.07, 6.45) is 5.11. The molecule has 2 N–H and O–H groups in total. The van der Waals surface area contributed by atoms with E-state index in [-0.39, 0.29) is 24.5 Å². The van der Waals surface area contributed by atoms with Crippen LogP contribution in [0.3, 0.4) is 0 Å². The molecule has 2 unspecified atom stereocenters. The molecule has 0 aliphatic heterocycles. The van der Waals surface area contributed by atoms with E-state index >= 15 is 0 Å². The average Bonchev–Trinajstić information content (AvgIpc) is 3.17. The van der Waals surface area contributed by atoms with E-state index in [9.17, 15) is 14.7 Å². The van der Waals surface area contributed by atoms with Crippen LogP contribution in [0, 0.1) is 11.3 Å². The fourth-order valence-electron chi connectivity index (χ4n) is 2.93. The smallest absolute Gasteiger partial charge is 0.311 e. The van der Waals surface area contributed by atoms with Crippen molar-refractivity contribution in [2.24, 2.45) is 11.3 Å². The van der Waals surface area contributed by atoms with Crippen molar-refractivity contribution in [2.45, 2.75) is 51.6 Å². The Morgan fingerprint density at radius 1 is 1.32 bits per heavy atom. The summed E-state index contributed by atoms with van der Waals surface area (Å²) in [6, 6.07) is 0. The number of hydrogen-bond acceptors (Lipinski definition) is 3. The number of amides is 1. The summed E-state index contributed by atoms with van der Waals surface area (Å²) in [6.45, 7) is 2.79. The molecular weight excluding hydrogens is 246 g/mol. The minimum Gasteiger partial charge on any atom is -0.481 e. The second-order valence-corrected chi connectivity index (χ2v) is 5.70. The molecular formula is C14H23NO4. The van der Waals surface area contributed by atoms with Crippen molar-refractivity contribution in [1.82, 2.24) is 5.32 Å². The summed E-state index contributed by atoms with van der Waals surface area (Å²) in [7, 11) is 0. The molecule has 0 saturated heterocycles. The molecule has 2 aliphatic rings. The first kappa shape index (κ1) is 14.3. The Hall–Kier alpha value is -1.10. The van der Waals surface area contributed by atoms with Crippen molar-refractivity contribution in [3.63, 3.8) is 0 Å². The Bertz CT molecular complexity index is 349. The van der Waals surface area contributed by atoms with Gasteiger partial charge >= 0.3 is 5.97 Å². The molecule has 2 fully saturated rings. The Kier molecular flexibility index (Phi) is 4.45. The standard InChI is InChI=1S/C14H23NO4/c1-2-19-11-8-10(11)12(16)15-9-14(13(17)18)6-4-3-5-7-14/h10-11H,2-9H2,1H3,(H,15,16)(H,17,18). The zero-order chi connectivity index (χ0) is 13.9. The van der Waals surface area contributed by atoms with Gasteiger partial charge in [-0.25, -0.2) is 0 Å². The van der Waals surface area contributed by atoms with Crippen molar-refractivity contribution in [3.05, 3.63) is 0 Å². The first-order valence-electron chi connectivity index (χ1n) is 7.22. The number of hydrogen-bond donors (Lipinski definition) is 2. The van der Waals surface area contributed by atoms with Gasteiger partial charge in [-0.05, 0) is 26.2 Å². The lowest BCUT2D eigenvalue weighted by Gasteiger charge is -2.33. The van der Waals surface area contributed by atoms with Crippen LogP contribution in [-0.2, 0) is 14.3 Å². The fourth-order valence-corrected chi connectivity index (χ4v) is 2.93. The minimum absolute atomic E-state index is 0.0390. The summed E-state index contributed by atoms with van der Waals surface area (Å²) in [5.41, 5.74) is -0.746. The van der Waals surface area contributed by atoms with Gasteiger partial charge in [-0.3, -0.25) is 9.59 Å². The second kappa shape index (κ2) is 5.90. The molecule has 1 amide bonds. The van der Waals surface area contributed by atoms with Gasteiger partial charge in [-0.2, -0.15) is 0 Å². The first-order chi connectivity index (χ1) is 9.09. The number of ether oxygens (including phenoxy) is 1. The molecule has 0 heterocycles. The summed E-state index contributed by atoms with van der Waals surface area (Å²) in [5.74, 6) is -0.899. The van der Waals surface area contributed by atoms with E-state index in [4.69, 9.17) is 4.74 Å². The maximum Gasteiger partial charge on any atom is 0.311 e. The Balaban J connectivity index is 1.83. The van der Waals surface area contributed by atoms with Gasteiger partial charge in [-0.1, -0.05) is 19.3 Å². The van der Waals surface area contributed by atoms with E-state index in [0.717, 1.165) is 25.7 Å². The Morgan fingerprint density at radius 3 is 2.58 bits per heavy atom. The van der Waals surface area contributed by atoms with Crippen LogP contribution >= 0.6 is 0 Å². The fraction of sp³-hybridized carbons (Fsp3) is 0.857. The molecule has 2 atom stereocenters. The molecule has 0 bridgehead atoms. The maximum absolute atomic E-state index is 11.9. The van der Waals surface area contributed by atoms with Crippen molar-refractivity contribution >= 4 is 11.9 Å². The number of carboxylic acid groups (broad SMARTS) is 1. The number of aliphatic carboxylic acids is 1. The molecule has 0 aromatic heterocycles. The third kappa shape index (κ3) is 3.26. The molecule has 0 aromatic rings.